The van der Waals surface area contributed by atoms with Crippen LogP contribution in [0.2, 0.25) is 0 Å². The Bertz CT molecular complexity index is 809. The van der Waals surface area contributed by atoms with Gasteiger partial charge in [-0.1, -0.05) is 88.3 Å². The number of hydrogen-bond acceptors (Lipinski definition) is 5. The third kappa shape index (κ3) is 7.40. The summed E-state index contributed by atoms with van der Waals surface area (Å²) < 4.78 is 16.3. The van der Waals surface area contributed by atoms with Crippen molar-refractivity contribution in [1.29, 1.82) is 0 Å². The second-order valence-corrected chi connectivity index (χ2v) is 7.89. The molecule has 0 aromatic heterocycles. The summed E-state index contributed by atoms with van der Waals surface area (Å²) in [6.45, 7) is 2.53. The smallest absolute Gasteiger partial charge is 0.321 e. The molecule has 2 rings (SSSR count). The number of carbonyl (C=O) groups is 2. The summed E-state index contributed by atoms with van der Waals surface area (Å²) in [4.78, 5) is 26.6. The Morgan fingerprint density at radius 3 is 1.88 bits per heavy atom. The van der Waals surface area contributed by atoms with Crippen molar-refractivity contribution in [2.45, 2.75) is 64.2 Å². The molecule has 0 N–H and O–H groups in total. The van der Waals surface area contributed by atoms with Crippen LogP contribution in [-0.2, 0) is 9.53 Å². The number of rotatable bonds is 15. The number of esters is 1. The van der Waals surface area contributed by atoms with E-state index in [9.17, 15) is 9.59 Å². The van der Waals surface area contributed by atoms with Crippen molar-refractivity contribution in [3.8, 4) is 11.5 Å². The summed E-state index contributed by atoms with van der Waals surface area (Å²) >= 11 is 0. The molecular weight excluding hydrogens is 404 g/mol. The van der Waals surface area contributed by atoms with Crippen molar-refractivity contribution in [2.24, 2.45) is 0 Å². The van der Waals surface area contributed by atoms with Crippen molar-refractivity contribution in [3.63, 3.8) is 0 Å². The predicted octanol–water partition coefficient (Wildman–Crippen LogP) is 6.35. The molecule has 0 aliphatic heterocycles. The molecule has 1 unspecified atom stereocenters. The van der Waals surface area contributed by atoms with Crippen LogP contribution in [0.25, 0.3) is 0 Å². The van der Waals surface area contributed by atoms with Crippen molar-refractivity contribution in [1.82, 2.24) is 0 Å². The van der Waals surface area contributed by atoms with Gasteiger partial charge in [0.2, 0.25) is 0 Å². The molecule has 0 heterocycles. The number of unbranched alkanes of at least 4 members (excludes halogenated alkanes) is 7. The van der Waals surface area contributed by atoms with E-state index in [-0.39, 0.29) is 5.56 Å². The van der Waals surface area contributed by atoms with Gasteiger partial charge >= 0.3 is 5.97 Å². The molecule has 174 valence electrons. The third-order valence-electron chi connectivity index (χ3n) is 5.55. The van der Waals surface area contributed by atoms with Crippen LogP contribution in [0.1, 0.15) is 80.1 Å². The first-order chi connectivity index (χ1) is 15.6. The number of Topliss-reactive ketones (excluding diaryl/α,β-unsaturated/α-hetero) is 1. The predicted molar refractivity (Wildman–Crippen MR) is 127 cm³/mol. The van der Waals surface area contributed by atoms with Gasteiger partial charge in [0, 0.05) is 0 Å². The molecule has 1 atom stereocenters. The first-order valence-corrected chi connectivity index (χ1v) is 11.6. The van der Waals surface area contributed by atoms with Crippen molar-refractivity contribution in [3.05, 3.63) is 59.7 Å². The summed E-state index contributed by atoms with van der Waals surface area (Å²) in [6.07, 6.45) is 9.27. The molecule has 0 bridgehead atoms. The maximum absolute atomic E-state index is 13.5. The van der Waals surface area contributed by atoms with Crippen LogP contribution in [0.5, 0.6) is 11.5 Å². The van der Waals surface area contributed by atoms with Gasteiger partial charge in [-0.25, -0.2) is 0 Å². The Balaban J connectivity index is 2.06. The quantitative estimate of drug-likeness (QED) is 0.140. The number of ether oxygens (including phenoxy) is 3. The van der Waals surface area contributed by atoms with E-state index in [1.54, 1.807) is 42.5 Å². The van der Waals surface area contributed by atoms with Crippen molar-refractivity contribution < 1.29 is 23.8 Å². The summed E-state index contributed by atoms with van der Waals surface area (Å²) in [5.41, 5.74) is 0.835. The maximum atomic E-state index is 13.5. The number of benzene rings is 2. The van der Waals surface area contributed by atoms with Crippen LogP contribution in [0, 0.1) is 0 Å². The van der Waals surface area contributed by atoms with E-state index in [4.69, 9.17) is 14.2 Å². The van der Waals surface area contributed by atoms with Gasteiger partial charge in [0.1, 0.15) is 23.0 Å². The average Bonchev–Trinajstić information content (AvgIpc) is 2.83. The van der Waals surface area contributed by atoms with Gasteiger partial charge in [0.25, 0.3) is 0 Å². The molecule has 32 heavy (non-hydrogen) atoms. The Morgan fingerprint density at radius 2 is 1.31 bits per heavy atom. The van der Waals surface area contributed by atoms with Crippen LogP contribution < -0.4 is 9.47 Å². The molecule has 0 saturated heterocycles. The minimum absolute atomic E-state index is 0.246. The standard InChI is InChI=1S/C27H36O5/c1-4-5-6-7-8-9-10-14-20-32-27(29)24(21-16-12-11-13-17-21)26(28)25-22(30-2)18-15-19-23(25)31-3/h11-13,15-19,24H,4-10,14,20H2,1-3H3. The van der Waals surface area contributed by atoms with Gasteiger partial charge in [-0.2, -0.15) is 0 Å². The highest BCUT2D eigenvalue weighted by atomic mass is 16.5. The summed E-state index contributed by atoms with van der Waals surface area (Å²) in [5, 5.41) is 0. The number of methoxy groups -OCH3 is 2. The normalized spacial score (nSPS) is 11.6. The number of carbonyl (C=O) groups excluding carboxylic acids is 2. The summed E-state index contributed by atoms with van der Waals surface area (Å²) in [5.74, 6) is -1.28. The van der Waals surface area contributed by atoms with Crippen LogP contribution in [0.4, 0.5) is 0 Å². The molecular formula is C27H36O5. The Kier molecular flexibility index (Phi) is 11.4. The fourth-order valence-electron chi connectivity index (χ4n) is 3.77. The minimum atomic E-state index is -1.07. The van der Waals surface area contributed by atoms with Crippen LogP contribution in [0.3, 0.4) is 0 Å². The lowest BCUT2D eigenvalue weighted by molar-refractivity contribution is -0.144. The molecule has 0 aliphatic rings. The molecule has 0 fully saturated rings. The van der Waals surface area contributed by atoms with E-state index in [1.807, 2.05) is 6.07 Å². The van der Waals surface area contributed by atoms with Gasteiger partial charge in [-0.05, 0) is 24.1 Å². The van der Waals surface area contributed by atoms with E-state index in [0.29, 0.717) is 23.7 Å². The van der Waals surface area contributed by atoms with Crippen molar-refractivity contribution >= 4 is 11.8 Å². The van der Waals surface area contributed by atoms with E-state index in [1.165, 1.54) is 46.3 Å². The van der Waals surface area contributed by atoms with Crippen LogP contribution in [-0.4, -0.2) is 32.6 Å². The molecule has 0 amide bonds. The van der Waals surface area contributed by atoms with Gasteiger partial charge in [0.15, 0.2) is 5.78 Å². The van der Waals surface area contributed by atoms with Gasteiger partial charge in [0.05, 0.1) is 20.8 Å². The second-order valence-electron chi connectivity index (χ2n) is 7.89. The molecule has 2 aromatic carbocycles. The Hall–Kier alpha value is -2.82. The second kappa shape index (κ2) is 14.3. The zero-order valence-electron chi connectivity index (χ0n) is 19.6. The SMILES string of the molecule is CCCCCCCCCCOC(=O)C(C(=O)c1c(OC)cccc1OC)c1ccccc1. The molecule has 0 aliphatic carbocycles. The monoisotopic (exact) mass is 440 g/mol. The fourth-order valence-corrected chi connectivity index (χ4v) is 3.77. The maximum Gasteiger partial charge on any atom is 0.321 e. The lowest BCUT2D eigenvalue weighted by Gasteiger charge is -2.19. The Labute approximate surface area is 192 Å². The molecule has 5 heteroatoms. The van der Waals surface area contributed by atoms with Gasteiger partial charge in [-0.15, -0.1) is 0 Å². The van der Waals surface area contributed by atoms with E-state index >= 15 is 0 Å². The highest BCUT2D eigenvalue weighted by molar-refractivity contribution is 6.15. The summed E-state index contributed by atoms with van der Waals surface area (Å²) in [7, 11) is 2.98. The van der Waals surface area contributed by atoms with Gasteiger partial charge < -0.3 is 14.2 Å². The molecule has 2 aromatic rings. The van der Waals surface area contributed by atoms with Gasteiger partial charge in [-0.3, -0.25) is 9.59 Å². The lowest BCUT2D eigenvalue weighted by Crippen LogP contribution is -2.25. The lowest BCUT2D eigenvalue weighted by atomic mass is 9.89. The van der Waals surface area contributed by atoms with Crippen molar-refractivity contribution in [2.75, 3.05) is 20.8 Å². The highest BCUT2D eigenvalue weighted by Gasteiger charge is 2.34. The molecule has 0 spiro atoms. The van der Waals surface area contributed by atoms with Crippen LogP contribution >= 0.6 is 0 Å². The fraction of sp³-hybridized carbons (Fsp3) is 0.481. The minimum Gasteiger partial charge on any atom is -0.496 e. The van der Waals surface area contributed by atoms with E-state index in [2.05, 4.69) is 6.92 Å². The first kappa shape index (κ1) is 25.4. The first-order valence-electron chi connectivity index (χ1n) is 11.6. The third-order valence-corrected chi connectivity index (χ3v) is 5.55. The Morgan fingerprint density at radius 1 is 0.750 bits per heavy atom. The zero-order valence-corrected chi connectivity index (χ0v) is 19.6. The largest absolute Gasteiger partial charge is 0.496 e. The molecule has 0 radical (unpaired) electrons. The average molecular weight is 441 g/mol. The summed E-state index contributed by atoms with van der Waals surface area (Å²) in [6, 6.07) is 14.1. The topological polar surface area (TPSA) is 61.8 Å². The zero-order chi connectivity index (χ0) is 23.2. The number of hydrogen-bond donors (Lipinski definition) is 0. The van der Waals surface area contributed by atoms with E-state index in [0.717, 1.165) is 19.3 Å². The van der Waals surface area contributed by atoms with E-state index < -0.39 is 17.7 Å². The number of ketones is 1. The van der Waals surface area contributed by atoms with Crippen LogP contribution in [0.15, 0.2) is 48.5 Å². The molecule has 5 nitrogen and oxygen atoms in total. The highest BCUT2D eigenvalue weighted by Crippen LogP contribution is 2.34. The molecule has 0 saturated carbocycles.